The summed E-state index contributed by atoms with van der Waals surface area (Å²) in [5.74, 6) is -0.908. The van der Waals surface area contributed by atoms with E-state index in [1.54, 1.807) is 24.3 Å². The Labute approximate surface area is 229 Å². The van der Waals surface area contributed by atoms with E-state index >= 15 is 0 Å². The van der Waals surface area contributed by atoms with Crippen molar-refractivity contribution < 1.29 is 45.5 Å². The molecule has 2 aliphatic rings. The number of hydrogen-bond acceptors (Lipinski definition) is 5. The second-order valence-corrected chi connectivity index (χ2v) is 9.66. The van der Waals surface area contributed by atoms with Crippen molar-refractivity contribution >= 4 is 29.5 Å². The Balaban J connectivity index is 1.57. The van der Waals surface area contributed by atoms with Gasteiger partial charge in [-0.1, -0.05) is 29.8 Å². The molecular weight excluding hydrogens is 570 g/mol. The van der Waals surface area contributed by atoms with Gasteiger partial charge in [0.25, 0.3) is 0 Å². The molecule has 2 aromatic carbocycles. The quantitative estimate of drug-likeness (QED) is 0.524. The van der Waals surface area contributed by atoms with Crippen LogP contribution in [-0.4, -0.2) is 64.4 Å². The minimum Gasteiger partial charge on any atom is -0.444 e. The fourth-order valence-electron chi connectivity index (χ4n) is 4.73. The Morgan fingerprint density at radius 2 is 1.65 bits per heavy atom. The minimum absolute atomic E-state index is 0.0287. The predicted octanol–water partition coefficient (Wildman–Crippen LogP) is 4.24. The molecule has 3 amide bonds. The van der Waals surface area contributed by atoms with Crippen LogP contribution in [0.2, 0.25) is 5.02 Å². The number of amides is 3. The maximum absolute atomic E-state index is 13.2. The van der Waals surface area contributed by atoms with Crippen LogP contribution in [0.5, 0.6) is 0 Å². The molecule has 0 bridgehead atoms. The van der Waals surface area contributed by atoms with Crippen molar-refractivity contribution in [3.8, 4) is 0 Å². The number of benzene rings is 2. The van der Waals surface area contributed by atoms with E-state index in [2.05, 4.69) is 0 Å². The van der Waals surface area contributed by atoms with Crippen molar-refractivity contribution in [2.45, 2.75) is 44.1 Å². The molecule has 4 rings (SSSR count). The van der Waals surface area contributed by atoms with Crippen molar-refractivity contribution in [2.75, 3.05) is 19.6 Å². The number of nitrogens with two attached hydrogens (primary N) is 1. The van der Waals surface area contributed by atoms with Crippen LogP contribution in [0.25, 0.3) is 0 Å². The number of carbonyl (C=O) groups is 3. The summed E-state index contributed by atoms with van der Waals surface area (Å²) < 4.78 is 84.3. The van der Waals surface area contributed by atoms with E-state index in [9.17, 15) is 40.7 Å². The van der Waals surface area contributed by atoms with Gasteiger partial charge in [0.2, 0.25) is 11.8 Å². The third-order valence-electron chi connectivity index (χ3n) is 6.64. The number of rotatable bonds is 5. The molecule has 0 spiro atoms. The number of fused-ring (bicyclic) bond motifs is 1. The van der Waals surface area contributed by atoms with E-state index in [4.69, 9.17) is 22.1 Å². The van der Waals surface area contributed by atoms with Gasteiger partial charge >= 0.3 is 18.4 Å². The van der Waals surface area contributed by atoms with Crippen LogP contribution in [0.1, 0.15) is 28.7 Å². The zero-order chi connectivity index (χ0) is 29.4. The highest BCUT2D eigenvalue weighted by atomic mass is 35.5. The standard InChI is InChI=1S/C25H23ClF6N4O4/c26-18-4-2-1-3-15(18)11-34-12-20-35(6-5-21(37)36(20)19(10-33)22(34)38)23(39)40-13-14-7-16(24(27,28)29)9-17(8-14)25(30,31)32/h1-4,7-9,19-20H,5-6,10-13,33H2/t19-,20+/m0/s1. The summed E-state index contributed by atoms with van der Waals surface area (Å²) in [6.45, 7) is -1.41. The number of ether oxygens (including phenoxy) is 1. The third kappa shape index (κ3) is 6.12. The van der Waals surface area contributed by atoms with Gasteiger partial charge in [0.05, 0.1) is 17.7 Å². The zero-order valence-corrected chi connectivity index (χ0v) is 21.4. The van der Waals surface area contributed by atoms with Gasteiger partial charge < -0.3 is 20.3 Å². The first-order chi connectivity index (χ1) is 18.7. The zero-order valence-electron chi connectivity index (χ0n) is 20.6. The molecule has 15 heteroatoms. The fourth-order valence-corrected chi connectivity index (χ4v) is 4.92. The van der Waals surface area contributed by atoms with Gasteiger partial charge in [0.15, 0.2) is 0 Å². The second-order valence-electron chi connectivity index (χ2n) is 9.26. The molecule has 0 aromatic heterocycles. The van der Waals surface area contributed by atoms with Crippen LogP contribution in [0, 0.1) is 0 Å². The lowest BCUT2D eigenvalue weighted by atomic mass is 10.0. The number of alkyl halides is 6. The van der Waals surface area contributed by atoms with Gasteiger partial charge in [-0.2, -0.15) is 26.3 Å². The first kappa shape index (κ1) is 29.5. The highest BCUT2D eigenvalue weighted by molar-refractivity contribution is 6.31. The number of halogens is 7. The first-order valence-corrected chi connectivity index (χ1v) is 12.3. The SMILES string of the molecule is NC[C@H]1C(=O)N(Cc2ccccc2Cl)C[C@@H]2N(C(=O)OCc3cc(C(F)(F)F)cc(C(F)(F)F)c3)CCC(=O)N21. The Bertz CT molecular complexity index is 1270. The van der Waals surface area contributed by atoms with Gasteiger partial charge in [-0.3, -0.25) is 14.5 Å². The van der Waals surface area contributed by atoms with Crippen LogP contribution in [0.4, 0.5) is 31.1 Å². The average Bonchev–Trinajstić information content (AvgIpc) is 2.88. The lowest BCUT2D eigenvalue weighted by Gasteiger charge is -2.51. The molecule has 2 saturated heterocycles. The highest BCUT2D eigenvalue weighted by Gasteiger charge is 2.48. The predicted molar refractivity (Wildman–Crippen MR) is 128 cm³/mol. The Morgan fingerprint density at radius 3 is 2.23 bits per heavy atom. The van der Waals surface area contributed by atoms with E-state index in [-0.39, 0.29) is 38.7 Å². The number of piperazine rings is 1. The van der Waals surface area contributed by atoms with E-state index in [1.165, 1.54) is 9.80 Å². The van der Waals surface area contributed by atoms with Crippen LogP contribution in [0.15, 0.2) is 42.5 Å². The summed E-state index contributed by atoms with van der Waals surface area (Å²) in [7, 11) is 0. The van der Waals surface area contributed by atoms with E-state index in [0.29, 0.717) is 22.7 Å². The Hall–Kier alpha value is -3.52. The molecule has 0 saturated carbocycles. The number of hydrogen-bond donors (Lipinski definition) is 1. The largest absolute Gasteiger partial charge is 0.444 e. The highest BCUT2D eigenvalue weighted by Crippen LogP contribution is 2.36. The molecule has 0 radical (unpaired) electrons. The van der Waals surface area contributed by atoms with Crippen LogP contribution in [0.3, 0.4) is 0 Å². The molecule has 2 atom stereocenters. The third-order valence-corrected chi connectivity index (χ3v) is 7.01. The van der Waals surface area contributed by atoms with Crippen molar-refractivity contribution in [2.24, 2.45) is 5.73 Å². The van der Waals surface area contributed by atoms with Crippen LogP contribution >= 0.6 is 11.6 Å². The molecule has 2 aliphatic heterocycles. The molecule has 8 nitrogen and oxygen atoms in total. The summed E-state index contributed by atoms with van der Waals surface area (Å²) in [4.78, 5) is 42.6. The van der Waals surface area contributed by atoms with Crippen LogP contribution < -0.4 is 5.73 Å². The average molecular weight is 593 g/mol. The molecule has 0 aliphatic carbocycles. The topological polar surface area (TPSA) is 96.2 Å². The van der Waals surface area contributed by atoms with Crippen molar-refractivity contribution in [1.82, 2.24) is 14.7 Å². The maximum Gasteiger partial charge on any atom is 0.416 e. The van der Waals surface area contributed by atoms with Gasteiger partial charge in [-0.05, 0) is 35.4 Å². The van der Waals surface area contributed by atoms with Crippen molar-refractivity contribution in [3.63, 3.8) is 0 Å². The Kier molecular flexibility index (Phi) is 8.22. The Morgan fingerprint density at radius 1 is 1.02 bits per heavy atom. The normalized spacial score (nSPS) is 20.1. The summed E-state index contributed by atoms with van der Waals surface area (Å²) in [6, 6.07) is 6.53. The molecule has 2 aromatic rings. The molecular formula is C25H23ClF6N4O4. The van der Waals surface area contributed by atoms with Crippen LogP contribution in [-0.2, 0) is 39.8 Å². The van der Waals surface area contributed by atoms with E-state index in [1.807, 2.05) is 0 Å². The van der Waals surface area contributed by atoms with Gasteiger partial charge in [0, 0.05) is 31.1 Å². The summed E-state index contributed by atoms with van der Waals surface area (Å²) >= 11 is 6.23. The molecule has 2 fully saturated rings. The molecule has 216 valence electrons. The fraction of sp³-hybridized carbons (Fsp3) is 0.400. The number of nitrogens with zero attached hydrogens (tertiary/aromatic N) is 3. The number of carbonyl (C=O) groups excluding carboxylic acids is 3. The second kappa shape index (κ2) is 11.2. The van der Waals surface area contributed by atoms with E-state index < -0.39 is 65.8 Å². The molecule has 2 N–H and O–H groups in total. The van der Waals surface area contributed by atoms with Gasteiger partial charge in [-0.15, -0.1) is 0 Å². The maximum atomic E-state index is 13.2. The van der Waals surface area contributed by atoms with Crippen molar-refractivity contribution in [1.29, 1.82) is 0 Å². The van der Waals surface area contributed by atoms with E-state index in [0.717, 1.165) is 4.90 Å². The molecule has 0 unspecified atom stereocenters. The summed E-state index contributed by atoms with van der Waals surface area (Å²) in [5.41, 5.74) is 2.80. The smallest absolute Gasteiger partial charge is 0.416 e. The monoisotopic (exact) mass is 592 g/mol. The molecule has 40 heavy (non-hydrogen) atoms. The molecule has 2 heterocycles. The lowest BCUT2D eigenvalue weighted by Crippen LogP contribution is -2.72. The van der Waals surface area contributed by atoms with Gasteiger partial charge in [-0.25, -0.2) is 4.79 Å². The summed E-state index contributed by atoms with van der Waals surface area (Å²) in [5, 5.41) is 0.386. The summed E-state index contributed by atoms with van der Waals surface area (Å²) in [6.07, 6.45) is -12.4. The van der Waals surface area contributed by atoms with Crippen molar-refractivity contribution in [3.05, 3.63) is 69.7 Å². The lowest BCUT2D eigenvalue weighted by molar-refractivity contribution is -0.167. The van der Waals surface area contributed by atoms with Gasteiger partial charge in [0.1, 0.15) is 18.8 Å². The first-order valence-electron chi connectivity index (χ1n) is 12.0. The minimum atomic E-state index is -5.06.